The molecular formula is C12H10ClIN2O2S. The first kappa shape index (κ1) is 14.7. The van der Waals surface area contributed by atoms with Crippen LogP contribution in [0.15, 0.2) is 29.6 Å². The third-order valence-corrected chi connectivity index (χ3v) is 4.29. The Labute approximate surface area is 133 Å². The molecule has 0 saturated carbocycles. The van der Waals surface area contributed by atoms with Crippen molar-refractivity contribution in [3.8, 4) is 5.69 Å². The van der Waals surface area contributed by atoms with Crippen LogP contribution in [0.25, 0.3) is 5.69 Å². The zero-order chi connectivity index (χ0) is 14.0. The molecule has 19 heavy (non-hydrogen) atoms. The van der Waals surface area contributed by atoms with E-state index in [2.05, 4.69) is 27.6 Å². The van der Waals surface area contributed by atoms with Gasteiger partial charge in [0.05, 0.1) is 16.5 Å². The third-order valence-electron chi connectivity index (χ3n) is 2.38. The van der Waals surface area contributed by atoms with E-state index in [1.54, 1.807) is 6.20 Å². The molecule has 0 saturated heterocycles. The van der Waals surface area contributed by atoms with E-state index in [4.69, 9.17) is 16.7 Å². The summed E-state index contributed by atoms with van der Waals surface area (Å²) in [7, 11) is 0. The van der Waals surface area contributed by atoms with Crippen molar-refractivity contribution in [2.24, 2.45) is 0 Å². The number of nitrogens with zero attached hydrogens (tertiary/aromatic N) is 2. The van der Waals surface area contributed by atoms with Crippen LogP contribution in [0.2, 0.25) is 5.02 Å². The monoisotopic (exact) mass is 408 g/mol. The third kappa shape index (κ3) is 3.43. The molecule has 4 nitrogen and oxygen atoms in total. The highest BCUT2D eigenvalue weighted by atomic mass is 127. The number of aliphatic carboxylic acids is 1. The summed E-state index contributed by atoms with van der Waals surface area (Å²) >= 11 is 9.61. The van der Waals surface area contributed by atoms with E-state index in [0.29, 0.717) is 10.2 Å². The second kappa shape index (κ2) is 6.15. The number of hydrogen-bond acceptors (Lipinski definition) is 3. The molecule has 100 valence electrons. The van der Waals surface area contributed by atoms with E-state index < -0.39 is 5.97 Å². The molecule has 1 aromatic carbocycles. The maximum Gasteiger partial charge on any atom is 0.313 e. The largest absolute Gasteiger partial charge is 0.481 e. The Morgan fingerprint density at radius 2 is 2.32 bits per heavy atom. The first-order valence-corrected chi connectivity index (χ1v) is 7.77. The SMILES string of the molecule is Cc1cnc(SCC(=O)O)n1-c1ccc(I)cc1Cl. The van der Waals surface area contributed by atoms with Gasteiger partial charge in [-0.3, -0.25) is 9.36 Å². The van der Waals surface area contributed by atoms with Gasteiger partial charge in [0.25, 0.3) is 0 Å². The van der Waals surface area contributed by atoms with Gasteiger partial charge >= 0.3 is 5.97 Å². The Bertz CT molecular complexity index is 630. The second-order valence-corrected chi connectivity index (χ2v) is 6.39. The van der Waals surface area contributed by atoms with E-state index in [-0.39, 0.29) is 5.75 Å². The first-order chi connectivity index (χ1) is 8.99. The average molecular weight is 409 g/mol. The minimum Gasteiger partial charge on any atom is -0.481 e. The smallest absolute Gasteiger partial charge is 0.313 e. The van der Waals surface area contributed by atoms with Crippen LogP contribution in [0, 0.1) is 10.5 Å². The Morgan fingerprint density at radius 3 is 2.95 bits per heavy atom. The molecule has 2 rings (SSSR count). The second-order valence-electron chi connectivity index (χ2n) is 3.80. The van der Waals surface area contributed by atoms with Gasteiger partial charge < -0.3 is 5.11 Å². The number of hydrogen-bond donors (Lipinski definition) is 1. The lowest BCUT2D eigenvalue weighted by molar-refractivity contribution is -0.133. The Balaban J connectivity index is 2.43. The molecule has 1 heterocycles. The summed E-state index contributed by atoms with van der Waals surface area (Å²) in [4.78, 5) is 14.9. The molecule has 0 fully saturated rings. The number of imidazole rings is 1. The van der Waals surface area contributed by atoms with Crippen LogP contribution in [0.5, 0.6) is 0 Å². The first-order valence-electron chi connectivity index (χ1n) is 5.33. The maximum atomic E-state index is 10.7. The molecule has 0 unspecified atom stereocenters. The summed E-state index contributed by atoms with van der Waals surface area (Å²) in [5.74, 6) is -0.899. The van der Waals surface area contributed by atoms with Crippen molar-refractivity contribution in [2.45, 2.75) is 12.1 Å². The van der Waals surface area contributed by atoms with Gasteiger partial charge in [-0.15, -0.1) is 0 Å². The highest BCUT2D eigenvalue weighted by Crippen LogP contribution is 2.28. The predicted octanol–water partition coefficient (Wildman–Crippen LogP) is 3.62. The molecule has 1 N–H and O–H groups in total. The topological polar surface area (TPSA) is 55.1 Å². The molecular weight excluding hydrogens is 399 g/mol. The lowest BCUT2D eigenvalue weighted by atomic mass is 10.3. The number of thioether (sulfide) groups is 1. The zero-order valence-electron chi connectivity index (χ0n) is 9.93. The lowest BCUT2D eigenvalue weighted by Crippen LogP contribution is -2.03. The summed E-state index contributed by atoms with van der Waals surface area (Å²) < 4.78 is 2.91. The molecule has 0 spiro atoms. The Morgan fingerprint density at radius 1 is 1.58 bits per heavy atom. The minimum atomic E-state index is -0.870. The number of carboxylic acids is 1. The number of benzene rings is 1. The van der Waals surface area contributed by atoms with Gasteiger partial charge in [0, 0.05) is 15.5 Å². The fourth-order valence-corrected chi connectivity index (χ4v) is 3.29. The van der Waals surface area contributed by atoms with Crippen molar-refractivity contribution in [1.82, 2.24) is 9.55 Å². The molecule has 7 heteroatoms. The number of aromatic nitrogens is 2. The summed E-state index contributed by atoms with van der Waals surface area (Å²) in [6.45, 7) is 1.91. The van der Waals surface area contributed by atoms with Gasteiger partial charge in [0.15, 0.2) is 5.16 Å². The van der Waals surface area contributed by atoms with Crippen molar-refractivity contribution in [2.75, 3.05) is 5.75 Å². The quantitative estimate of drug-likeness (QED) is 0.620. The summed E-state index contributed by atoms with van der Waals surface area (Å²) in [5, 5.41) is 9.99. The number of halogens is 2. The van der Waals surface area contributed by atoms with E-state index in [9.17, 15) is 4.79 Å². The number of rotatable bonds is 4. The van der Waals surface area contributed by atoms with E-state index >= 15 is 0 Å². The minimum absolute atomic E-state index is 0.0293. The molecule has 0 aliphatic carbocycles. The fourth-order valence-electron chi connectivity index (χ4n) is 1.60. The van der Waals surface area contributed by atoms with Crippen molar-refractivity contribution in [1.29, 1.82) is 0 Å². The predicted molar refractivity (Wildman–Crippen MR) is 84.4 cm³/mol. The maximum absolute atomic E-state index is 10.7. The van der Waals surface area contributed by atoms with Crippen LogP contribution in [0.3, 0.4) is 0 Å². The molecule has 0 aliphatic rings. The fraction of sp³-hybridized carbons (Fsp3) is 0.167. The van der Waals surface area contributed by atoms with E-state index in [0.717, 1.165) is 15.0 Å². The van der Waals surface area contributed by atoms with E-state index in [1.165, 1.54) is 11.8 Å². The lowest BCUT2D eigenvalue weighted by Gasteiger charge is -2.11. The van der Waals surface area contributed by atoms with Crippen LogP contribution in [-0.2, 0) is 4.79 Å². The van der Waals surface area contributed by atoms with Gasteiger partial charge in [-0.05, 0) is 47.7 Å². The van der Waals surface area contributed by atoms with Crippen LogP contribution < -0.4 is 0 Å². The van der Waals surface area contributed by atoms with E-state index in [1.807, 2.05) is 29.7 Å². The van der Waals surface area contributed by atoms with Crippen molar-refractivity contribution in [3.63, 3.8) is 0 Å². The van der Waals surface area contributed by atoms with Gasteiger partial charge in [-0.1, -0.05) is 23.4 Å². The van der Waals surface area contributed by atoms with Crippen molar-refractivity contribution in [3.05, 3.63) is 38.7 Å². The van der Waals surface area contributed by atoms with Crippen LogP contribution in [0.1, 0.15) is 5.69 Å². The summed E-state index contributed by atoms with van der Waals surface area (Å²) in [6.07, 6.45) is 1.71. The van der Waals surface area contributed by atoms with Gasteiger partial charge in [-0.25, -0.2) is 4.98 Å². The molecule has 0 atom stereocenters. The molecule has 0 aliphatic heterocycles. The standard InChI is InChI=1S/C12H10ClIN2O2S/c1-7-5-15-12(19-6-11(17)18)16(7)10-3-2-8(14)4-9(10)13/h2-5H,6H2,1H3,(H,17,18). The number of carbonyl (C=O) groups is 1. The zero-order valence-corrected chi connectivity index (χ0v) is 13.7. The number of carboxylic acid groups (broad SMARTS) is 1. The molecule has 2 aromatic rings. The van der Waals surface area contributed by atoms with Gasteiger partial charge in [0.2, 0.25) is 0 Å². The Kier molecular flexibility index (Phi) is 4.75. The van der Waals surface area contributed by atoms with Crippen LogP contribution in [0.4, 0.5) is 0 Å². The number of aryl methyl sites for hydroxylation is 1. The Hall–Kier alpha value is -0.730. The summed E-state index contributed by atoms with van der Waals surface area (Å²) in [6, 6.07) is 5.72. The molecule has 0 radical (unpaired) electrons. The highest BCUT2D eigenvalue weighted by molar-refractivity contribution is 14.1. The molecule has 0 amide bonds. The van der Waals surface area contributed by atoms with Crippen molar-refractivity contribution >= 4 is 51.9 Å². The molecule has 0 bridgehead atoms. The van der Waals surface area contributed by atoms with Crippen LogP contribution >= 0.6 is 46.0 Å². The highest BCUT2D eigenvalue weighted by Gasteiger charge is 2.13. The normalized spacial score (nSPS) is 10.7. The average Bonchev–Trinajstić information content (AvgIpc) is 2.68. The van der Waals surface area contributed by atoms with Crippen LogP contribution in [-0.4, -0.2) is 26.4 Å². The van der Waals surface area contributed by atoms with Gasteiger partial charge in [-0.2, -0.15) is 0 Å². The van der Waals surface area contributed by atoms with Gasteiger partial charge in [0.1, 0.15) is 0 Å². The molecule has 1 aromatic heterocycles. The summed E-state index contributed by atoms with van der Waals surface area (Å²) in [5.41, 5.74) is 1.72. The van der Waals surface area contributed by atoms with Crippen molar-refractivity contribution < 1.29 is 9.90 Å².